The van der Waals surface area contributed by atoms with Crippen LogP contribution in [0.5, 0.6) is 0 Å². The molecule has 8 rings (SSSR count). The van der Waals surface area contributed by atoms with Crippen LogP contribution in [0.25, 0.3) is 0 Å². The number of nitrogens with zero attached hydrogens (tertiary/aromatic N) is 11. The van der Waals surface area contributed by atoms with Gasteiger partial charge in [0.25, 0.3) is 0 Å². The molecule has 2 aromatic heterocycles. The van der Waals surface area contributed by atoms with Crippen molar-refractivity contribution >= 4 is 35.4 Å². The van der Waals surface area contributed by atoms with Crippen molar-refractivity contribution in [3.8, 4) is 0 Å². The van der Waals surface area contributed by atoms with Crippen molar-refractivity contribution in [2.75, 3.05) is 39.3 Å². The molecule has 6 aromatic rings. The number of carbonyl (C=O) groups is 6. The lowest BCUT2D eigenvalue weighted by molar-refractivity contribution is -0.150. The van der Waals surface area contributed by atoms with E-state index < -0.39 is 79.9 Å². The van der Waals surface area contributed by atoms with Gasteiger partial charge in [-0.3, -0.25) is 38.1 Å². The van der Waals surface area contributed by atoms with Crippen LogP contribution < -0.4 is 11.1 Å². The molecule has 6 amide bonds. The fourth-order valence-electron chi connectivity index (χ4n) is 11.7. The predicted octanol–water partition coefficient (Wildman–Crippen LogP) is 7.99. The van der Waals surface area contributed by atoms with Crippen LogP contribution >= 0.6 is 0 Å². The first kappa shape index (κ1) is 61.0. The van der Waals surface area contributed by atoms with E-state index in [1.165, 1.54) is 63.0 Å². The zero-order valence-corrected chi connectivity index (χ0v) is 48.8. The zero-order valence-electron chi connectivity index (χ0n) is 48.8. The van der Waals surface area contributed by atoms with E-state index in [9.17, 15) is 14.4 Å². The lowest BCUT2D eigenvalue weighted by Gasteiger charge is -2.36. The third-order valence-corrected chi connectivity index (χ3v) is 16.6. The van der Waals surface area contributed by atoms with Crippen LogP contribution in [0.2, 0.25) is 0 Å². The molecule has 4 aromatic carbocycles. The van der Waals surface area contributed by atoms with Crippen LogP contribution in [-0.2, 0) is 54.9 Å². The van der Waals surface area contributed by atoms with Gasteiger partial charge in [0.05, 0.1) is 55.7 Å². The number of hydrogen-bond donors (Lipinski definition) is 2. The smallest absolute Gasteiger partial charge is 0.243 e. The van der Waals surface area contributed by atoms with Crippen LogP contribution in [0.4, 0.5) is 0 Å². The summed E-state index contributed by atoms with van der Waals surface area (Å²) in [5.41, 5.74) is 9.97. The third-order valence-electron chi connectivity index (χ3n) is 16.6. The highest BCUT2D eigenvalue weighted by Gasteiger charge is 2.35. The number of rotatable bonds is 28. The molecule has 0 bridgehead atoms. The van der Waals surface area contributed by atoms with Gasteiger partial charge >= 0.3 is 0 Å². The lowest BCUT2D eigenvalue weighted by Crippen LogP contribution is -2.52. The first-order valence-electron chi connectivity index (χ1n) is 29.6. The molecule has 19 nitrogen and oxygen atoms in total. The van der Waals surface area contributed by atoms with Crippen molar-refractivity contribution in [3.05, 3.63) is 167 Å². The SMILES string of the molecule is C[C@H](c1ccccc1)N(CC(N)=O)C(=O)CN(C(=O)CN(Cc1cn(CC2CCCCC2)nn1)C(=O)CN(C(=O)CN(C(=O)CNCc1cn(CC2CCCCC2)nn1)[C@H](C)c1ccccc1)[C@H](C)c1ccccc1)[C@H](C)c1ccccc1. The van der Waals surface area contributed by atoms with Crippen molar-refractivity contribution in [2.24, 2.45) is 17.6 Å². The zero-order chi connectivity index (χ0) is 58.7. The van der Waals surface area contributed by atoms with Gasteiger partial charge in [-0.25, -0.2) is 0 Å². The minimum absolute atomic E-state index is 0.101. The highest BCUT2D eigenvalue weighted by molar-refractivity contribution is 5.92. The van der Waals surface area contributed by atoms with Crippen LogP contribution in [0.3, 0.4) is 0 Å². The maximum absolute atomic E-state index is 15.5. The van der Waals surface area contributed by atoms with Crippen LogP contribution in [0.15, 0.2) is 134 Å². The number of nitrogens with one attached hydrogen (secondary N) is 1. The molecule has 0 radical (unpaired) electrons. The normalized spacial score (nSPS) is 15.3. The van der Waals surface area contributed by atoms with Gasteiger partial charge in [0, 0.05) is 25.8 Å². The summed E-state index contributed by atoms with van der Waals surface area (Å²) in [7, 11) is 0. The molecule has 0 unspecified atom stereocenters. The van der Waals surface area contributed by atoms with Gasteiger partial charge < -0.3 is 35.6 Å². The topological polar surface area (TPSA) is 218 Å². The number of aromatic nitrogens is 6. The fraction of sp³-hybridized carbons (Fsp3) is 0.469. The Morgan fingerprint density at radius 1 is 0.470 bits per heavy atom. The Hall–Kier alpha value is -8.06. The molecule has 2 aliphatic rings. The summed E-state index contributed by atoms with van der Waals surface area (Å²) < 4.78 is 3.68. The average Bonchev–Trinajstić information content (AvgIpc) is 4.26. The minimum Gasteiger partial charge on any atom is -0.368 e. The Morgan fingerprint density at radius 2 is 0.819 bits per heavy atom. The molecule has 0 saturated heterocycles. The van der Waals surface area contributed by atoms with E-state index in [1.54, 1.807) is 17.8 Å². The molecule has 83 heavy (non-hydrogen) atoms. The second kappa shape index (κ2) is 30.3. The number of hydrogen-bond acceptors (Lipinski definition) is 11. The molecule has 0 spiro atoms. The molecule has 19 heteroatoms. The Morgan fingerprint density at radius 3 is 1.23 bits per heavy atom. The Bertz CT molecular complexity index is 3020. The summed E-state index contributed by atoms with van der Waals surface area (Å²) in [4.78, 5) is 95.0. The van der Waals surface area contributed by atoms with E-state index in [0.29, 0.717) is 36.3 Å². The maximum Gasteiger partial charge on any atom is 0.243 e. The van der Waals surface area contributed by atoms with Gasteiger partial charge in [-0.1, -0.05) is 170 Å². The first-order valence-corrected chi connectivity index (χ1v) is 29.6. The lowest BCUT2D eigenvalue weighted by atomic mass is 9.89. The molecule has 0 aliphatic heterocycles. The summed E-state index contributed by atoms with van der Waals surface area (Å²) in [6, 6.07) is 34.9. The van der Waals surface area contributed by atoms with Crippen molar-refractivity contribution in [3.63, 3.8) is 0 Å². The van der Waals surface area contributed by atoms with Crippen molar-refractivity contribution in [1.82, 2.24) is 59.8 Å². The summed E-state index contributed by atoms with van der Waals surface area (Å²) in [5.74, 6) is -2.19. The molecule has 4 atom stereocenters. The maximum atomic E-state index is 15.5. The summed E-state index contributed by atoms with van der Waals surface area (Å²) in [5, 5.41) is 21.0. The summed E-state index contributed by atoms with van der Waals surface area (Å²) >= 11 is 0. The number of primary amides is 1. The van der Waals surface area contributed by atoms with Gasteiger partial charge in [0.1, 0.15) is 31.9 Å². The summed E-state index contributed by atoms with van der Waals surface area (Å²) in [6.07, 6.45) is 15.5. The second-order valence-electron chi connectivity index (χ2n) is 22.6. The van der Waals surface area contributed by atoms with Gasteiger partial charge in [-0.05, 0) is 87.5 Å². The molecule has 2 fully saturated rings. The molecule has 2 aliphatic carbocycles. The molecular formula is C64H83N13O6. The van der Waals surface area contributed by atoms with Crippen molar-refractivity contribution < 1.29 is 28.8 Å². The highest BCUT2D eigenvalue weighted by Crippen LogP contribution is 2.29. The van der Waals surface area contributed by atoms with E-state index in [1.807, 2.05) is 153 Å². The van der Waals surface area contributed by atoms with E-state index in [-0.39, 0.29) is 25.5 Å². The molecular weight excluding hydrogens is 1050 g/mol. The standard InChI is InChI=1S/C64H83N13O6/c1-47(53-27-15-7-16-28-53)74(42-59(65)78)63(82)46-77(50(4)56-33-21-10-22-34-56)62(81)43-71(39-58-41-73(70-68-58)38-52-25-13-6-14-26-52)61(80)44-76(49(3)55-31-19-9-20-32-55)64(83)45-75(48(2)54-29-17-8-18-30-54)60(79)36-66-35-57-40-72(69-67-57)37-51-23-11-5-12-24-51/h7-10,15-22,27-34,40-41,47-52,66H,5-6,11-14,23-26,35-39,42-46H2,1-4H3,(H2,65,78)/t47-,48-,49-,50-/m1/s1. The minimum atomic E-state index is -0.715. The monoisotopic (exact) mass is 1130 g/mol. The number of carbonyl (C=O) groups excluding carboxylic acids is 6. The summed E-state index contributed by atoms with van der Waals surface area (Å²) in [6.45, 7) is 6.64. The molecule has 3 N–H and O–H groups in total. The number of nitrogens with two attached hydrogens (primary N) is 1. The van der Waals surface area contributed by atoms with Crippen LogP contribution in [0, 0.1) is 11.8 Å². The molecule has 2 heterocycles. The first-order chi connectivity index (χ1) is 40.2. The van der Waals surface area contributed by atoms with Gasteiger partial charge in [0.15, 0.2) is 0 Å². The number of amides is 6. The average molecular weight is 1130 g/mol. The van der Waals surface area contributed by atoms with Gasteiger partial charge in [0.2, 0.25) is 35.4 Å². The van der Waals surface area contributed by atoms with Crippen molar-refractivity contribution in [1.29, 1.82) is 0 Å². The van der Waals surface area contributed by atoms with E-state index in [4.69, 9.17) is 5.73 Å². The second-order valence-corrected chi connectivity index (χ2v) is 22.6. The van der Waals surface area contributed by atoms with Crippen LogP contribution in [0.1, 0.15) is 150 Å². The van der Waals surface area contributed by atoms with E-state index >= 15 is 14.4 Å². The molecule has 2 saturated carbocycles. The largest absolute Gasteiger partial charge is 0.368 e. The van der Waals surface area contributed by atoms with Crippen molar-refractivity contribution in [2.45, 2.75) is 142 Å². The predicted molar refractivity (Wildman–Crippen MR) is 316 cm³/mol. The number of benzene rings is 4. The van der Waals surface area contributed by atoms with E-state index in [0.717, 1.165) is 54.5 Å². The Kier molecular flexibility index (Phi) is 22.3. The van der Waals surface area contributed by atoms with Crippen LogP contribution in [-0.4, -0.2) is 129 Å². The highest BCUT2D eigenvalue weighted by atomic mass is 16.2. The fourth-order valence-corrected chi connectivity index (χ4v) is 11.7. The third kappa shape index (κ3) is 17.5. The van der Waals surface area contributed by atoms with Gasteiger partial charge in [-0.15, -0.1) is 10.2 Å². The molecule has 440 valence electrons. The van der Waals surface area contributed by atoms with E-state index in [2.05, 4.69) is 25.9 Å². The Labute approximate surface area is 488 Å². The quantitative estimate of drug-likeness (QED) is 0.0480. The van der Waals surface area contributed by atoms with Gasteiger partial charge in [-0.2, -0.15) is 0 Å². The Balaban J connectivity index is 1.08.